The lowest BCUT2D eigenvalue weighted by Gasteiger charge is -2.19. The minimum absolute atomic E-state index is 0.134. The van der Waals surface area contributed by atoms with Crippen molar-refractivity contribution in [3.05, 3.63) is 34.4 Å². The Balaban J connectivity index is 1.87. The summed E-state index contributed by atoms with van der Waals surface area (Å²) in [6.07, 6.45) is 3.35. The molecule has 1 aromatic heterocycles. The number of nitrogens with zero attached hydrogens (tertiary/aromatic N) is 2. The molecular formula is C13H13BrFN3O. The molecule has 4 nitrogen and oxygen atoms in total. The zero-order chi connectivity index (χ0) is 13.2. The smallest absolute Gasteiger partial charge is 0.244 e. The lowest BCUT2D eigenvalue weighted by molar-refractivity contribution is 0.297. The van der Waals surface area contributed by atoms with Crippen LogP contribution in [0.3, 0.4) is 0 Å². The summed E-state index contributed by atoms with van der Waals surface area (Å²) in [5, 5.41) is 7.33. The summed E-state index contributed by atoms with van der Waals surface area (Å²) in [5.41, 5.74) is 0.729. The van der Waals surface area contributed by atoms with Gasteiger partial charge in [-0.05, 0) is 53.5 Å². The lowest BCUT2D eigenvalue weighted by Crippen LogP contribution is -2.26. The molecular weight excluding hydrogens is 313 g/mol. The molecule has 1 fully saturated rings. The molecule has 6 heteroatoms. The van der Waals surface area contributed by atoms with Gasteiger partial charge in [-0.2, -0.15) is 4.98 Å². The topological polar surface area (TPSA) is 51.0 Å². The molecule has 1 N–H and O–H groups in total. The molecule has 0 bridgehead atoms. The summed E-state index contributed by atoms with van der Waals surface area (Å²) < 4.78 is 19.0. The summed E-state index contributed by atoms with van der Waals surface area (Å²) in [7, 11) is 0. The van der Waals surface area contributed by atoms with Crippen LogP contribution in [0.5, 0.6) is 0 Å². The van der Waals surface area contributed by atoms with Crippen LogP contribution in [0, 0.1) is 5.82 Å². The van der Waals surface area contributed by atoms with E-state index in [1.54, 1.807) is 6.07 Å². The van der Waals surface area contributed by atoms with Crippen LogP contribution in [0.15, 0.2) is 27.2 Å². The zero-order valence-electron chi connectivity index (χ0n) is 10.2. The zero-order valence-corrected chi connectivity index (χ0v) is 11.8. The molecule has 0 amide bonds. The number of nitrogens with one attached hydrogen (secondary N) is 1. The molecule has 0 spiro atoms. The van der Waals surface area contributed by atoms with Gasteiger partial charge in [-0.15, -0.1) is 0 Å². The maximum atomic E-state index is 13.1. The molecule has 2 heterocycles. The third-order valence-corrected chi connectivity index (χ3v) is 3.88. The van der Waals surface area contributed by atoms with Crippen molar-refractivity contribution in [2.45, 2.75) is 25.3 Å². The molecule has 1 aliphatic rings. The number of piperidine rings is 1. The maximum absolute atomic E-state index is 13.1. The molecule has 2 aromatic rings. The number of halogens is 2. The molecule has 0 radical (unpaired) electrons. The van der Waals surface area contributed by atoms with E-state index in [1.807, 2.05) is 0 Å². The predicted molar refractivity (Wildman–Crippen MR) is 72.0 cm³/mol. The second kappa shape index (κ2) is 5.38. The van der Waals surface area contributed by atoms with Gasteiger partial charge in [0, 0.05) is 10.0 Å². The standard InChI is InChI=1S/C13H13BrFN3O/c14-10-7-8(15)4-5-9(10)12-17-13(19-18-12)11-3-1-2-6-16-11/h4-5,7,11,16H,1-3,6H2/t11-/m1/s1. The quantitative estimate of drug-likeness (QED) is 0.918. The highest BCUT2D eigenvalue weighted by atomic mass is 79.9. The molecule has 1 saturated heterocycles. The summed E-state index contributed by atoms with van der Waals surface area (Å²) in [6.45, 7) is 0.975. The van der Waals surface area contributed by atoms with E-state index >= 15 is 0 Å². The van der Waals surface area contributed by atoms with E-state index in [-0.39, 0.29) is 11.9 Å². The van der Waals surface area contributed by atoms with Crippen LogP contribution in [0.1, 0.15) is 31.2 Å². The maximum Gasteiger partial charge on any atom is 0.244 e. The highest BCUT2D eigenvalue weighted by Gasteiger charge is 2.21. The number of benzene rings is 1. The van der Waals surface area contributed by atoms with Crippen molar-refractivity contribution in [3.8, 4) is 11.4 Å². The first-order valence-electron chi connectivity index (χ1n) is 6.26. The Kier molecular flexibility index (Phi) is 3.61. The minimum Gasteiger partial charge on any atom is -0.337 e. The summed E-state index contributed by atoms with van der Waals surface area (Å²) in [4.78, 5) is 4.40. The SMILES string of the molecule is Fc1ccc(-c2noc([C@H]3CCCCN3)n2)c(Br)c1. The number of aromatic nitrogens is 2. The molecule has 0 unspecified atom stereocenters. The van der Waals surface area contributed by atoms with E-state index in [2.05, 4.69) is 31.4 Å². The first kappa shape index (κ1) is 12.7. The fraction of sp³-hybridized carbons (Fsp3) is 0.385. The number of hydrogen-bond donors (Lipinski definition) is 1. The van der Waals surface area contributed by atoms with Crippen molar-refractivity contribution in [3.63, 3.8) is 0 Å². The van der Waals surface area contributed by atoms with E-state index in [4.69, 9.17) is 4.52 Å². The minimum atomic E-state index is -0.298. The van der Waals surface area contributed by atoms with Crippen LogP contribution in [-0.4, -0.2) is 16.7 Å². The molecule has 19 heavy (non-hydrogen) atoms. The Hall–Kier alpha value is -1.27. The first-order valence-corrected chi connectivity index (χ1v) is 7.06. The van der Waals surface area contributed by atoms with Crippen LogP contribution in [0.4, 0.5) is 4.39 Å². The van der Waals surface area contributed by atoms with E-state index < -0.39 is 0 Å². The molecule has 1 aliphatic heterocycles. The second-order valence-corrected chi connectivity index (χ2v) is 5.44. The summed E-state index contributed by atoms with van der Waals surface area (Å²) in [6, 6.07) is 4.55. The Bertz CT molecular complexity index is 581. The fourth-order valence-corrected chi connectivity index (χ4v) is 2.75. The third kappa shape index (κ3) is 2.69. The van der Waals surface area contributed by atoms with Crippen molar-refractivity contribution in [2.75, 3.05) is 6.54 Å². The van der Waals surface area contributed by atoms with Crippen molar-refractivity contribution in [1.29, 1.82) is 0 Å². The summed E-state index contributed by atoms with van der Waals surface area (Å²) >= 11 is 3.31. The number of hydrogen-bond acceptors (Lipinski definition) is 4. The molecule has 100 valence electrons. The van der Waals surface area contributed by atoms with Crippen molar-refractivity contribution in [2.24, 2.45) is 0 Å². The van der Waals surface area contributed by atoms with Gasteiger partial charge in [-0.1, -0.05) is 11.6 Å². The molecule has 3 rings (SSSR count). The van der Waals surface area contributed by atoms with Gasteiger partial charge in [0.2, 0.25) is 11.7 Å². The second-order valence-electron chi connectivity index (χ2n) is 4.58. The number of rotatable bonds is 2. The Morgan fingerprint density at radius 1 is 1.37 bits per heavy atom. The van der Waals surface area contributed by atoms with Crippen LogP contribution in [0.2, 0.25) is 0 Å². The van der Waals surface area contributed by atoms with E-state index in [0.717, 1.165) is 24.9 Å². The average Bonchev–Trinajstić information content (AvgIpc) is 2.89. The van der Waals surface area contributed by atoms with E-state index in [1.165, 1.54) is 18.6 Å². The third-order valence-electron chi connectivity index (χ3n) is 3.22. The van der Waals surface area contributed by atoms with E-state index in [9.17, 15) is 4.39 Å². The van der Waals surface area contributed by atoms with Crippen molar-refractivity contribution < 1.29 is 8.91 Å². The van der Waals surface area contributed by atoms with Gasteiger partial charge < -0.3 is 9.84 Å². The largest absolute Gasteiger partial charge is 0.337 e. The van der Waals surface area contributed by atoms with Gasteiger partial charge in [0.15, 0.2) is 0 Å². The van der Waals surface area contributed by atoms with Crippen LogP contribution < -0.4 is 5.32 Å². The van der Waals surface area contributed by atoms with Gasteiger partial charge >= 0.3 is 0 Å². The normalized spacial score (nSPS) is 19.6. The van der Waals surface area contributed by atoms with Gasteiger partial charge in [0.25, 0.3) is 0 Å². The van der Waals surface area contributed by atoms with Gasteiger partial charge in [-0.3, -0.25) is 0 Å². The molecule has 0 aliphatic carbocycles. The average molecular weight is 326 g/mol. The highest BCUT2D eigenvalue weighted by Crippen LogP contribution is 2.29. The predicted octanol–water partition coefficient (Wildman–Crippen LogP) is 3.45. The Labute approximate surface area is 118 Å². The van der Waals surface area contributed by atoms with Crippen LogP contribution >= 0.6 is 15.9 Å². The fourth-order valence-electron chi connectivity index (χ4n) is 2.22. The lowest BCUT2D eigenvalue weighted by atomic mass is 10.1. The van der Waals surface area contributed by atoms with E-state index in [0.29, 0.717) is 16.2 Å². The van der Waals surface area contributed by atoms with Gasteiger partial charge in [0.1, 0.15) is 5.82 Å². The summed E-state index contributed by atoms with van der Waals surface area (Å²) in [5.74, 6) is 0.786. The first-order chi connectivity index (χ1) is 9.24. The van der Waals surface area contributed by atoms with Crippen molar-refractivity contribution in [1.82, 2.24) is 15.5 Å². The van der Waals surface area contributed by atoms with Gasteiger partial charge in [-0.25, -0.2) is 4.39 Å². The van der Waals surface area contributed by atoms with Crippen LogP contribution in [0.25, 0.3) is 11.4 Å². The molecule has 0 saturated carbocycles. The molecule has 1 atom stereocenters. The Morgan fingerprint density at radius 3 is 3.00 bits per heavy atom. The molecule has 1 aromatic carbocycles. The van der Waals surface area contributed by atoms with Crippen molar-refractivity contribution >= 4 is 15.9 Å². The van der Waals surface area contributed by atoms with Gasteiger partial charge in [0.05, 0.1) is 6.04 Å². The Morgan fingerprint density at radius 2 is 2.26 bits per heavy atom. The monoisotopic (exact) mass is 325 g/mol. The highest BCUT2D eigenvalue weighted by molar-refractivity contribution is 9.10. The van der Waals surface area contributed by atoms with Crippen LogP contribution in [-0.2, 0) is 0 Å².